The summed E-state index contributed by atoms with van der Waals surface area (Å²) in [5.41, 5.74) is 0.632. The number of carbonyl (C=O) groups is 1. The van der Waals surface area contributed by atoms with Crippen molar-refractivity contribution in [3.05, 3.63) is 42.7 Å². The zero-order valence-electron chi connectivity index (χ0n) is 16.8. The van der Waals surface area contributed by atoms with E-state index in [-0.39, 0.29) is 18.1 Å². The van der Waals surface area contributed by atoms with Gasteiger partial charge in [0, 0.05) is 62.3 Å². The topological polar surface area (TPSA) is 97.8 Å². The highest BCUT2D eigenvalue weighted by Crippen LogP contribution is 2.23. The Morgan fingerprint density at radius 2 is 2.00 bits per heavy atom. The van der Waals surface area contributed by atoms with E-state index in [9.17, 15) is 4.79 Å². The number of ether oxygens (including phenoxy) is 3. The fourth-order valence-electron chi connectivity index (χ4n) is 3.81. The summed E-state index contributed by atoms with van der Waals surface area (Å²) >= 11 is 0. The van der Waals surface area contributed by atoms with E-state index in [0.29, 0.717) is 23.9 Å². The van der Waals surface area contributed by atoms with E-state index in [1.165, 1.54) is 0 Å². The number of aromatic nitrogens is 2. The molecule has 0 spiro atoms. The number of amides is 2. The summed E-state index contributed by atoms with van der Waals surface area (Å²) in [5, 5.41) is 5.89. The normalized spacial score (nSPS) is 20.5. The monoisotopic (exact) mass is 413 g/mol. The van der Waals surface area contributed by atoms with Crippen LogP contribution in [0.4, 0.5) is 10.5 Å². The van der Waals surface area contributed by atoms with Gasteiger partial charge in [-0.1, -0.05) is 6.07 Å². The van der Waals surface area contributed by atoms with Gasteiger partial charge in [0.25, 0.3) is 0 Å². The molecule has 2 fully saturated rings. The quantitative estimate of drug-likeness (QED) is 0.718. The first kappa shape index (κ1) is 20.5. The summed E-state index contributed by atoms with van der Waals surface area (Å²) in [6.07, 6.45) is 4.24. The fourth-order valence-corrected chi connectivity index (χ4v) is 3.81. The van der Waals surface area contributed by atoms with Crippen LogP contribution >= 0.6 is 0 Å². The van der Waals surface area contributed by atoms with E-state index in [2.05, 4.69) is 25.5 Å². The molecule has 2 N–H and O–H groups in total. The summed E-state index contributed by atoms with van der Waals surface area (Å²) in [7, 11) is 0. The molecule has 0 radical (unpaired) electrons. The van der Waals surface area contributed by atoms with Crippen LogP contribution in [-0.4, -0.2) is 73.0 Å². The zero-order valence-corrected chi connectivity index (χ0v) is 16.8. The molecule has 4 rings (SSSR count). The maximum Gasteiger partial charge on any atom is 0.321 e. The van der Waals surface area contributed by atoms with Crippen LogP contribution < -0.4 is 15.4 Å². The molecule has 0 unspecified atom stereocenters. The lowest BCUT2D eigenvalue weighted by Gasteiger charge is -2.37. The number of carbonyl (C=O) groups excluding carboxylic acids is 1. The van der Waals surface area contributed by atoms with E-state index in [1.807, 2.05) is 6.07 Å². The van der Waals surface area contributed by atoms with Gasteiger partial charge in [0.1, 0.15) is 5.75 Å². The van der Waals surface area contributed by atoms with Crippen molar-refractivity contribution in [1.82, 2.24) is 20.2 Å². The van der Waals surface area contributed by atoms with Crippen LogP contribution in [0.2, 0.25) is 0 Å². The van der Waals surface area contributed by atoms with E-state index in [4.69, 9.17) is 14.2 Å². The van der Waals surface area contributed by atoms with Gasteiger partial charge in [-0.2, -0.15) is 0 Å². The third-order valence-corrected chi connectivity index (χ3v) is 5.34. The van der Waals surface area contributed by atoms with Gasteiger partial charge in [0.2, 0.25) is 0 Å². The first-order valence-electron chi connectivity index (χ1n) is 10.3. The minimum Gasteiger partial charge on any atom is -0.424 e. The Kier molecular flexibility index (Phi) is 7.07. The molecule has 1 aromatic heterocycles. The Balaban J connectivity index is 1.32. The highest BCUT2D eigenvalue weighted by molar-refractivity contribution is 5.89. The van der Waals surface area contributed by atoms with Crippen molar-refractivity contribution in [2.75, 3.05) is 51.4 Å². The van der Waals surface area contributed by atoms with Gasteiger partial charge in [0.15, 0.2) is 0 Å². The first-order valence-corrected chi connectivity index (χ1v) is 10.3. The SMILES string of the molecule is O=C(NC[C@H]([C@@H]1CCOC1)N1CCOCC1)Nc1cccc(Oc2ncccn2)c1. The molecule has 2 aliphatic heterocycles. The van der Waals surface area contributed by atoms with Crippen LogP contribution in [0.25, 0.3) is 0 Å². The third-order valence-electron chi connectivity index (χ3n) is 5.34. The number of rotatable bonds is 7. The molecule has 2 atom stereocenters. The van der Waals surface area contributed by atoms with Gasteiger partial charge < -0.3 is 24.8 Å². The average Bonchev–Trinajstić information content (AvgIpc) is 3.30. The van der Waals surface area contributed by atoms with E-state index in [1.54, 1.807) is 36.7 Å². The number of anilines is 1. The molecule has 1 aromatic carbocycles. The van der Waals surface area contributed by atoms with Gasteiger partial charge in [-0.15, -0.1) is 0 Å². The van der Waals surface area contributed by atoms with Crippen LogP contribution in [0, 0.1) is 5.92 Å². The minimum atomic E-state index is -0.250. The Labute approximate surface area is 175 Å². The molecule has 2 saturated heterocycles. The minimum absolute atomic E-state index is 0.243. The second-order valence-corrected chi connectivity index (χ2v) is 7.34. The van der Waals surface area contributed by atoms with Crippen molar-refractivity contribution in [3.8, 4) is 11.8 Å². The van der Waals surface area contributed by atoms with Gasteiger partial charge in [-0.25, -0.2) is 14.8 Å². The molecule has 2 aromatic rings. The van der Waals surface area contributed by atoms with Gasteiger partial charge in [-0.05, 0) is 24.6 Å². The van der Waals surface area contributed by atoms with Gasteiger partial charge in [0.05, 0.1) is 19.8 Å². The number of morpholine rings is 1. The lowest BCUT2D eigenvalue weighted by Crippen LogP contribution is -2.52. The number of nitrogens with one attached hydrogen (secondary N) is 2. The predicted octanol–water partition coefficient (Wildman–Crippen LogP) is 2.13. The average molecular weight is 413 g/mol. The molecule has 0 aliphatic carbocycles. The number of nitrogens with zero attached hydrogens (tertiary/aromatic N) is 3. The lowest BCUT2D eigenvalue weighted by atomic mass is 9.97. The summed E-state index contributed by atoms with van der Waals surface area (Å²) in [4.78, 5) is 23.0. The number of benzene rings is 1. The van der Waals surface area contributed by atoms with E-state index in [0.717, 1.165) is 45.9 Å². The maximum atomic E-state index is 12.5. The lowest BCUT2D eigenvalue weighted by molar-refractivity contribution is 0.00222. The van der Waals surface area contributed by atoms with Crippen LogP contribution in [0.3, 0.4) is 0 Å². The first-order chi connectivity index (χ1) is 14.8. The standard InChI is InChI=1S/C21H27N5O4/c27-20(24-14-19(16-5-10-29-15-16)26-8-11-28-12-9-26)25-17-3-1-4-18(13-17)30-21-22-6-2-7-23-21/h1-4,6-7,13,16,19H,5,8-12,14-15H2,(H2,24,25,27)/t16-,19-/m1/s1. The van der Waals surface area contributed by atoms with E-state index < -0.39 is 0 Å². The largest absolute Gasteiger partial charge is 0.424 e. The zero-order chi connectivity index (χ0) is 20.6. The summed E-state index contributed by atoms with van der Waals surface area (Å²) in [6, 6.07) is 9.10. The van der Waals surface area contributed by atoms with E-state index >= 15 is 0 Å². The van der Waals surface area contributed by atoms with Crippen LogP contribution in [-0.2, 0) is 9.47 Å². The molecule has 3 heterocycles. The molecule has 2 amide bonds. The highest BCUT2D eigenvalue weighted by atomic mass is 16.5. The molecule has 30 heavy (non-hydrogen) atoms. The Morgan fingerprint density at radius 1 is 1.17 bits per heavy atom. The molecule has 2 aliphatic rings. The van der Waals surface area contributed by atoms with Gasteiger partial charge >= 0.3 is 12.0 Å². The van der Waals surface area contributed by atoms with Crippen molar-refractivity contribution in [1.29, 1.82) is 0 Å². The Hall–Kier alpha value is -2.75. The summed E-state index contributed by atoms with van der Waals surface area (Å²) in [5.74, 6) is 0.972. The molecular formula is C21H27N5O4. The van der Waals surface area contributed by atoms with Crippen molar-refractivity contribution in [2.45, 2.75) is 12.5 Å². The fraction of sp³-hybridized carbons (Fsp3) is 0.476. The molecule has 9 heteroatoms. The van der Waals surface area contributed by atoms with Gasteiger partial charge in [-0.3, -0.25) is 4.90 Å². The third kappa shape index (κ3) is 5.65. The number of hydrogen-bond acceptors (Lipinski definition) is 7. The predicted molar refractivity (Wildman–Crippen MR) is 111 cm³/mol. The molecule has 160 valence electrons. The van der Waals surface area contributed by atoms with Crippen molar-refractivity contribution < 1.29 is 19.0 Å². The van der Waals surface area contributed by atoms with Crippen molar-refractivity contribution in [2.24, 2.45) is 5.92 Å². The second kappa shape index (κ2) is 10.3. The number of urea groups is 1. The summed E-state index contributed by atoms with van der Waals surface area (Å²) < 4.78 is 16.7. The van der Waals surface area contributed by atoms with Crippen LogP contribution in [0.1, 0.15) is 6.42 Å². The van der Waals surface area contributed by atoms with Crippen LogP contribution in [0.5, 0.6) is 11.8 Å². The van der Waals surface area contributed by atoms with Crippen molar-refractivity contribution in [3.63, 3.8) is 0 Å². The van der Waals surface area contributed by atoms with Crippen molar-refractivity contribution >= 4 is 11.7 Å². The second-order valence-electron chi connectivity index (χ2n) is 7.34. The summed E-state index contributed by atoms with van der Waals surface area (Å²) in [6.45, 7) is 5.31. The smallest absolute Gasteiger partial charge is 0.321 e. The highest BCUT2D eigenvalue weighted by Gasteiger charge is 2.31. The molecular weight excluding hydrogens is 386 g/mol. The molecule has 9 nitrogen and oxygen atoms in total. The Bertz CT molecular complexity index is 810. The molecule has 0 saturated carbocycles. The maximum absolute atomic E-state index is 12.5. The molecule has 0 bridgehead atoms. The Morgan fingerprint density at radius 3 is 2.77 bits per heavy atom. The number of hydrogen-bond donors (Lipinski definition) is 2. The van der Waals surface area contributed by atoms with Crippen LogP contribution in [0.15, 0.2) is 42.7 Å².